The molecule has 14 heavy (non-hydrogen) atoms. The van der Waals surface area contributed by atoms with Crippen molar-refractivity contribution in [2.24, 2.45) is 0 Å². The van der Waals surface area contributed by atoms with Crippen molar-refractivity contribution < 1.29 is 8.95 Å². The third kappa shape index (κ3) is 12.1. The van der Waals surface area contributed by atoms with Gasteiger partial charge in [-0.05, 0) is 38.4 Å². The van der Waals surface area contributed by atoms with Gasteiger partial charge in [-0.2, -0.15) is 0 Å². The number of ether oxygens (including phenoxy) is 1. The van der Waals surface area contributed by atoms with Gasteiger partial charge in [0.2, 0.25) is 0 Å². The molecular weight excluding hydrogens is 198 g/mol. The van der Waals surface area contributed by atoms with E-state index in [9.17, 15) is 4.21 Å². The van der Waals surface area contributed by atoms with Crippen molar-refractivity contribution in [3.63, 3.8) is 0 Å². The zero-order valence-electron chi connectivity index (χ0n) is 9.71. The van der Waals surface area contributed by atoms with Gasteiger partial charge in [-0.15, -0.1) is 9.93 Å². The highest BCUT2D eigenvalue weighted by molar-refractivity contribution is 8.01. The van der Waals surface area contributed by atoms with Gasteiger partial charge < -0.3 is 10.1 Å². The smallest absolute Gasteiger partial charge is 0.0478 e. The second kappa shape index (κ2) is 8.38. The van der Waals surface area contributed by atoms with Crippen LogP contribution in [0.5, 0.6) is 0 Å². The van der Waals surface area contributed by atoms with Gasteiger partial charge in [0.15, 0.2) is 0 Å². The molecule has 0 aromatic rings. The predicted octanol–water partition coefficient (Wildman–Crippen LogP) is 0.669. The van der Waals surface area contributed by atoms with Crippen LogP contribution in [0.1, 0.15) is 19.8 Å². The molecule has 0 rings (SSSR count). The minimum atomic E-state index is -1.82. The molecule has 1 N–H and O–H groups in total. The molecule has 0 atom stereocenters. The van der Waals surface area contributed by atoms with Gasteiger partial charge in [0.1, 0.15) is 0 Å². The Bertz CT molecular complexity index is 168. The molecular formula is C10H25NO2S. The molecule has 0 aromatic carbocycles. The van der Waals surface area contributed by atoms with Gasteiger partial charge in [-0.3, -0.25) is 4.21 Å². The molecule has 0 saturated heterocycles. The molecule has 0 saturated carbocycles. The molecule has 0 aliphatic carbocycles. The normalized spacial score (nSPS) is 13.1. The lowest BCUT2D eigenvalue weighted by atomic mass is 10.4. The van der Waals surface area contributed by atoms with Gasteiger partial charge >= 0.3 is 0 Å². The van der Waals surface area contributed by atoms with E-state index in [1.54, 1.807) is 0 Å². The van der Waals surface area contributed by atoms with Crippen molar-refractivity contribution in [1.29, 1.82) is 0 Å². The van der Waals surface area contributed by atoms with E-state index in [1.165, 1.54) is 0 Å². The third-order valence-electron chi connectivity index (χ3n) is 1.88. The molecule has 3 nitrogen and oxygen atoms in total. The summed E-state index contributed by atoms with van der Waals surface area (Å²) in [5, 5.41) is 3.24. The number of hydrogen-bond acceptors (Lipinski definition) is 3. The highest BCUT2D eigenvalue weighted by Gasteiger charge is 1.99. The topological polar surface area (TPSA) is 38.3 Å². The summed E-state index contributed by atoms with van der Waals surface area (Å²) in [5.41, 5.74) is 0. The Hall–Kier alpha value is 0.0700. The lowest BCUT2D eigenvalue weighted by Crippen LogP contribution is -2.17. The summed E-state index contributed by atoms with van der Waals surface area (Å²) in [5.74, 6) is 0.806. The molecule has 0 heterocycles. The van der Waals surface area contributed by atoms with Crippen LogP contribution in [0.2, 0.25) is 0 Å². The van der Waals surface area contributed by atoms with Crippen molar-refractivity contribution >= 4 is 9.93 Å². The second-order valence-electron chi connectivity index (χ2n) is 3.97. The number of nitrogens with one attached hydrogen (secondary N) is 1. The first-order chi connectivity index (χ1) is 6.56. The minimum Gasteiger partial charge on any atom is -0.381 e. The van der Waals surface area contributed by atoms with Crippen LogP contribution in [-0.2, 0) is 14.7 Å². The number of hydrogen-bond donors (Lipinski definition) is 2. The van der Waals surface area contributed by atoms with Crippen molar-refractivity contribution in [1.82, 2.24) is 5.32 Å². The Morgan fingerprint density at radius 3 is 2.43 bits per heavy atom. The summed E-state index contributed by atoms with van der Waals surface area (Å²) in [6.45, 7) is 5.70. The number of rotatable bonds is 9. The van der Waals surface area contributed by atoms with Crippen LogP contribution in [0.15, 0.2) is 0 Å². The maximum absolute atomic E-state index is 11.3. The Morgan fingerprint density at radius 2 is 1.86 bits per heavy atom. The fraction of sp³-hybridized carbons (Fsp3) is 1.00. The summed E-state index contributed by atoms with van der Waals surface area (Å²) in [6.07, 6.45) is 5.64. The Kier molecular flexibility index (Phi) is 8.43. The Balaban J connectivity index is 3.03. The minimum absolute atomic E-state index is 0.748. The van der Waals surface area contributed by atoms with Crippen LogP contribution in [0.4, 0.5) is 0 Å². The van der Waals surface area contributed by atoms with Crippen molar-refractivity contribution in [3.8, 4) is 0 Å². The third-order valence-corrected chi connectivity index (χ3v) is 3.27. The van der Waals surface area contributed by atoms with Crippen LogP contribution in [-0.4, -0.2) is 48.8 Å². The SMILES string of the molecule is CCNCCCOCCC[SH](C)(C)=O. The highest BCUT2D eigenvalue weighted by atomic mass is 32.2. The maximum atomic E-state index is 11.3. The molecule has 0 aromatic heterocycles. The van der Waals surface area contributed by atoms with Crippen LogP contribution in [0, 0.1) is 0 Å². The van der Waals surface area contributed by atoms with E-state index in [0.717, 1.165) is 44.9 Å². The monoisotopic (exact) mass is 223 g/mol. The lowest BCUT2D eigenvalue weighted by molar-refractivity contribution is 0.133. The van der Waals surface area contributed by atoms with Gasteiger partial charge in [0, 0.05) is 19.0 Å². The summed E-state index contributed by atoms with van der Waals surface area (Å²) < 4.78 is 16.7. The summed E-state index contributed by atoms with van der Waals surface area (Å²) in [4.78, 5) is 0. The Morgan fingerprint density at radius 1 is 1.21 bits per heavy atom. The van der Waals surface area contributed by atoms with Gasteiger partial charge in [-0.25, -0.2) is 0 Å². The van der Waals surface area contributed by atoms with Crippen LogP contribution < -0.4 is 5.32 Å². The van der Waals surface area contributed by atoms with Crippen LogP contribution in [0.25, 0.3) is 0 Å². The molecule has 0 amide bonds. The average Bonchev–Trinajstić information content (AvgIpc) is 2.08. The molecule has 0 bridgehead atoms. The fourth-order valence-corrected chi connectivity index (χ4v) is 2.02. The van der Waals surface area contributed by atoms with Crippen molar-refractivity contribution in [3.05, 3.63) is 0 Å². The molecule has 4 heteroatoms. The zero-order chi connectivity index (χ0) is 10.9. The lowest BCUT2D eigenvalue weighted by Gasteiger charge is -2.11. The fourth-order valence-electron chi connectivity index (χ4n) is 1.13. The quantitative estimate of drug-likeness (QED) is 0.446. The molecule has 0 unspecified atom stereocenters. The van der Waals surface area contributed by atoms with E-state index in [0.29, 0.717) is 0 Å². The Labute approximate surface area is 89.0 Å². The highest BCUT2D eigenvalue weighted by Crippen LogP contribution is 1.96. The average molecular weight is 223 g/mol. The van der Waals surface area contributed by atoms with E-state index in [2.05, 4.69) is 12.2 Å². The van der Waals surface area contributed by atoms with Gasteiger partial charge in [-0.1, -0.05) is 6.92 Å². The number of thiol groups is 1. The predicted molar refractivity (Wildman–Crippen MR) is 64.8 cm³/mol. The van der Waals surface area contributed by atoms with Gasteiger partial charge in [0.05, 0.1) is 0 Å². The standard InChI is InChI=1S/C10H25NO2S/c1-4-11-7-5-8-13-9-6-10-14(2,3)12/h11,14H,4-10H2,1-3H3. The van der Waals surface area contributed by atoms with Crippen molar-refractivity contribution in [2.75, 3.05) is 44.6 Å². The summed E-state index contributed by atoms with van der Waals surface area (Å²) >= 11 is 0. The molecule has 0 fully saturated rings. The second-order valence-corrected chi connectivity index (χ2v) is 7.57. The summed E-state index contributed by atoms with van der Waals surface area (Å²) in [6, 6.07) is 0. The van der Waals surface area contributed by atoms with Crippen LogP contribution >= 0.6 is 0 Å². The first kappa shape index (κ1) is 14.1. The zero-order valence-corrected chi connectivity index (χ0v) is 10.6. The van der Waals surface area contributed by atoms with E-state index >= 15 is 0 Å². The molecule has 0 aliphatic heterocycles. The maximum Gasteiger partial charge on any atom is 0.0478 e. The van der Waals surface area contributed by atoms with Crippen molar-refractivity contribution in [2.45, 2.75) is 19.8 Å². The molecule has 0 aliphatic rings. The van der Waals surface area contributed by atoms with Gasteiger partial charge in [0.25, 0.3) is 0 Å². The molecule has 88 valence electrons. The summed E-state index contributed by atoms with van der Waals surface area (Å²) in [7, 11) is -1.82. The van der Waals surface area contributed by atoms with E-state index in [-0.39, 0.29) is 0 Å². The first-order valence-corrected chi connectivity index (χ1v) is 8.17. The van der Waals surface area contributed by atoms with E-state index in [1.807, 2.05) is 12.5 Å². The first-order valence-electron chi connectivity index (χ1n) is 5.38. The van der Waals surface area contributed by atoms with E-state index < -0.39 is 9.93 Å². The molecule has 0 radical (unpaired) electrons. The van der Waals surface area contributed by atoms with Crippen LogP contribution in [0.3, 0.4) is 0 Å². The van der Waals surface area contributed by atoms with E-state index in [4.69, 9.17) is 4.74 Å². The largest absolute Gasteiger partial charge is 0.381 e. The molecule has 0 spiro atoms.